The minimum atomic E-state index is -0.180. The zero-order valence-electron chi connectivity index (χ0n) is 12.3. The number of nitrogens with one attached hydrogen (secondary N) is 1. The van der Waals surface area contributed by atoms with E-state index in [1.54, 1.807) is 13.2 Å². The molecule has 0 fully saturated rings. The summed E-state index contributed by atoms with van der Waals surface area (Å²) in [6, 6.07) is 5.07. The van der Waals surface area contributed by atoms with Gasteiger partial charge in [-0.2, -0.15) is 0 Å². The number of benzene rings is 1. The lowest BCUT2D eigenvalue weighted by atomic mass is 9.98. The summed E-state index contributed by atoms with van der Waals surface area (Å²) in [6.07, 6.45) is 5.73. The number of rotatable bonds is 9. The molecule has 0 aromatic heterocycles. The average Bonchev–Trinajstić information content (AvgIpc) is 2.42. The molecule has 0 saturated heterocycles. The Labute approximate surface area is 116 Å². The minimum absolute atomic E-state index is 0.0398. The fraction of sp³-hybridized carbons (Fsp3) is 0.625. The molecule has 3 heteroatoms. The van der Waals surface area contributed by atoms with Crippen molar-refractivity contribution < 1.29 is 9.13 Å². The fourth-order valence-corrected chi connectivity index (χ4v) is 2.40. The average molecular weight is 267 g/mol. The van der Waals surface area contributed by atoms with Crippen LogP contribution in [0, 0.1) is 5.82 Å². The first-order chi connectivity index (χ1) is 9.24. The van der Waals surface area contributed by atoms with Crippen molar-refractivity contribution in [2.75, 3.05) is 13.7 Å². The molecule has 1 atom stereocenters. The molecule has 0 amide bonds. The summed E-state index contributed by atoms with van der Waals surface area (Å²) in [5.74, 6) is 0.460. The van der Waals surface area contributed by atoms with Crippen LogP contribution in [0.2, 0.25) is 0 Å². The first kappa shape index (κ1) is 16.0. The molecule has 108 valence electrons. The second-order valence-electron chi connectivity index (χ2n) is 4.82. The van der Waals surface area contributed by atoms with E-state index in [2.05, 4.69) is 12.2 Å². The standard InChI is InChI=1S/C16H26FNO/c1-4-6-7-8-11-14(18-5-2)16-13(17)10-9-12-15(16)19-3/h9-10,12,14,18H,4-8,11H2,1-3H3. The third-order valence-electron chi connectivity index (χ3n) is 3.38. The highest BCUT2D eigenvalue weighted by molar-refractivity contribution is 5.37. The molecule has 0 bridgehead atoms. The Hall–Kier alpha value is -1.09. The van der Waals surface area contributed by atoms with E-state index in [-0.39, 0.29) is 11.9 Å². The first-order valence-corrected chi connectivity index (χ1v) is 7.30. The Morgan fingerprint density at radius 1 is 1.21 bits per heavy atom. The van der Waals surface area contributed by atoms with Crippen LogP contribution in [0.5, 0.6) is 5.75 Å². The normalized spacial score (nSPS) is 12.4. The Morgan fingerprint density at radius 2 is 2.00 bits per heavy atom. The van der Waals surface area contributed by atoms with Gasteiger partial charge in [0, 0.05) is 11.6 Å². The Balaban J connectivity index is 2.79. The number of ether oxygens (including phenoxy) is 1. The second-order valence-corrected chi connectivity index (χ2v) is 4.82. The van der Waals surface area contributed by atoms with E-state index < -0.39 is 0 Å². The van der Waals surface area contributed by atoms with Crippen LogP contribution >= 0.6 is 0 Å². The molecule has 0 spiro atoms. The molecule has 0 heterocycles. The van der Waals surface area contributed by atoms with Crippen molar-refractivity contribution in [3.05, 3.63) is 29.6 Å². The van der Waals surface area contributed by atoms with E-state index in [4.69, 9.17) is 4.74 Å². The number of halogens is 1. The van der Waals surface area contributed by atoms with Crippen LogP contribution in [0.15, 0.2) is 18.2 Å². The largest absolute Gasteiger partial charge is 0.496 e. The van der Waals surface area contributed by atoms with E-state index in [0.29, 0.717) is 11.3 Å². The van der Waals surface area contributed by atoms with Gasteiger partial charge in [-0.3, -0.25) is 0 Å². The summed E-state index contributed by atoms with van der Waals surface area (Å²) in [4.78, 5) is 0. The molecule has 1 unspecified atom stereocenters. The summed E-state index contributed by atoms with van der Waals surface area (Å²) in [5.41, 5.74) is 0.670. The predicted octanol–water partition coefficient (Wildman–Crippen LogP) is 4.46. The predicted molar refractivity (Wildman–Crippen MR) is 78.1 cm³/mol. The van der Waals surface area contributed by atoms with Crippen molar-refractivity contribution in [3.63, 3.8) is 0 Å². The highest BCUT2D eigenvalue weighted by atomic mass is 19.1. The first-order valence-electron chi connectivity index (χ1n) is 7.30. The third-order valence-corrected chi connectivity index (χ3v) is 3.38. The maximum atomic E-state index is 14.1. The summed E-state index contributed by atoms with van der Waals surface area (Å²) < 4.78 is 19.4. The van der Waals surface area contributed by atoms with Gasteiger partial charge in [0.1, 0.15) is 11.6 Å². The number of unbranched alkanes of at least 4 members (excludes halogenated alkanes) is 3. The lowest BCUT2D eigenvalue weighted by Crippen LogP contribution is -2.22. The van der Waals surface area contributed by atoms with Crippen LogP contribution in [-0.4, -0.2) is 13.7 Å². The quantitative estimate of drug-likeness (QED) is 0.667. The van der Waals surface area contributed by atoms with E-state index in [0.717, 1.165) is 19.4 Å². The van der Waals surface area contributed by atoms with Crippen molar-refractivity contribution in [2.24, 2.45) is 0 Å². The van der Waals surface area contributed by atoms with Gasteiger partial charge < -0.3 is 10.1 Å². The Bertz CT molecular complexity index is 368. The molecular weight excluding hydrogens is 241 g/mol. The molecule has 1 aromatic rings. The zero-order chi connectivity index (χ0) is 14.1. The van der Waals surface area contributed by atoms with Crippen LogP contribution in [0.3, 0.4) is 0 Å². The molecule has 0 saturated carbocycles. The van der Waals surface area contributed by atoms with Crippen LogP contribution in [-0.2, 0) is 0 Å². The van der Waals surface area contributed by atoms with Gasteiger partial charge in [-0.1, -0.05) is 45.6 Å². The number of hydrogen-bond donors (Lipinski definition) is 1. The fourth-order valence-electron chi connectivity index (χ4n) is 2.40. The molecule has 1 rings (SSSR count). The number of hydrogen-bond acceptors (Lipinski definition) is 2. The molecule has 0 aliphatic rings. The molecule has 0 aliphatic heterocycles. The van der Waals surface area contributed by atoms with Gasteiger partial charge >= 0.3 is 0 Å². The van der Waals surface area contributed by atoms with Crippen molar-refractivity contribution in [3.8, 4) is 5.75 Å². The van der Waals surface area contributed by atoms with Crippen molar-refractivity contribution in [1.29, 1.82) is 0 Å². The SMILES string of the molecule is CCCCCCC(NCC)c1c(F)cccc1OC. The molecule has 19 heavy (non-hydrogen) atoms. The highest BCUT2D eigenvalue weighted by Gasteiger charge is 2.19. The van der Waals surface area contributed by atoms with Crippen molar-refractivity contribution in [1.82, 2.24) is 5.32 Å². The lowest BCUT2D eigenvalue weighted by molar-refractivity contribution is 0.383. The molecule has 2 nitrogen and oxygen atoms in total. The lowest BCUT2D eigenvalue weighted by Gasteiger charge is -2.21. The minimum Gasteiger partial charge on any atom is -0.496 e. The smallest absolute Gasteiger partial charge is 0.131 e. The van der Waals surface area contributed by atoms with Crippen LogP contribution < -0.4 is 10.1 Å². The summed E-state index contributed by atoms with van der Waals surface area (Å²) in [7, 11) is 1.60. The van der Waals surface area contributed by atoms with E-state index in [1.165, 1.54) is 25.3 Å². The van der Waals surface area contributed by atoms with Gasteiger partial charge in [0.15, 0.2) is 0 Å². The van der Waals surface area contributed by atoms with Crippen molar-refractivity contribution >= 4 is 0 Å². The number of methoxy groups -OCH3 is 1. The van der Waals surface area contributed by atoms with Crippen LogP contribution in [0.1, 0.15) is 57.6 Å². The summed E-state index contributed by atoms with van der Waals surface area (Å²) >= 11 is 0. The van der Waals surface area contributed by atoms with Crippen molar-refractivity contribution in [2.45, 2.75) is 52.0 Å². The van der Waals surface area contributed by atoms with E-state index >= 15 is 0 Å². The molecule has 1 aromatic carbocycles. The third kappa shape index (κ3) is 4.83. The molecule has 0 radical (unpaired) electrons. The molecule has 0 aliphatic carbocycles. The summed E-state index contributed by atoms with van der Waals surface area (Å²) in [5, 5.41) is 3.37. The second kappa shape index (κ2) is 8.92. The van der Waals surface area contributed by atoms with Gasteiger partial charge in [-0.15, -0.1) is 0 Å². The monoisotopic (exact) mass is 267 g/mol. The van der Waals surface area contributed by atoms with E-state index in [1.807, 2.05) is 13.0 Å². The molecule has 1 N–H and O–H groups in total. The Morgan fingerprint density at radius 3 is 2.63 bits per heavy atom. The van der Waals surface area contributed by atoms with Crippen LogP contribution in [0.4, 0.5) is 4.39 Å². The topological polar surface area (TPSA) is 21.3 Å². The Kier molecular flexibility index (Phi) is 7.49. The zero-order valence-corrected chi connectivity index (χ0v) is 12.3. The maximum Gasteiger partial charge on any atom is 0.131 e. The van der Waals surface area contributed by atoms with Gasteiger partial charge in [-0.25, -0.2) is 4.39 Å². The van der Waals surface area contributed by atoms with Crippen LogP contribution in [0.25, 0.3) is 0 Å². The summed E-state index contributed by atoms with van der Waals surface area (Å²) in [6.45, 7) is 5.07. The van der Waals surface area contributed by atoms with E-state index in [9.17, 15) is 4.39 Å². The molecular formula is C16H26FNO. The highest BCUT2D eigenvalue weighted by Crippen LogP contribution is 2.31. The van der Waals surface area contributed by atoms with Gasteiger partial charge in [0.25, 0.3) is 0 Å². The van der Waals surface area contributed by atoms with Gasteiger partial charge in [0.05, 0.1) is 7.11 Å². The van der Waals surface area contributed by atoms with Gasteiger partial charge in [0.2, 0.25) is 0 Å². The van der Waals surface area contributed by atoms with Gasteiger partial charge in [-0.05, 0) is 25.1 Å². The maximum absolute atomic E-state index is 14.1.